The maximum absolute atomic E-state index is 10.6. The Balaban J connectivity index is 2.07. The average molecular weight is 260 g/mol. The first-order valence-electron chi connectivity index (χ1n) is 6.98. The third-order valence-electron chi connectivity index (χ3n) is 4.29. The molecule has 0 saturated carbocycles. The van der Waals surface area contributed by atoms with E-state index >= 15 is 0 Å². The number of phenols is 1. The Hall–Kier alpha value is -2.28. The van der Waals surface area contributed by atoms with E-state index < -0.39 is 0 Å². The molecule has 0 fully saturated rings. The Labute approximate surface area is 118 Å². The first kappa shape index (κ1) is 11.5. The summed E-state index contributed by atoms with van der Waals surface area (Å²) in [6.07, 6.45) is 0.835. The van der Waals surface area contributed by atoms with E-state index in [0.717, 1.165) is 22.8 Å². The predicted molar refractivity (Wildman–Crippen MR) is 83.3 cm³/mol. The van der Waals surface area contributed by atoms with Gasteiger partial charge in [0.2, 0.25) is 0 Å². The van der Waals surface area contributed by atoms with Crippen molar-refractivity contribution in [2.45, 2.75) is 20.3 Å². The van der Waals surface area contributed by atoms with Gasteiger partial charge in [0.15, 0.2) is 0 Å². The van der Waals surface area contributed by atoms with Crippen LogP contribution in [0.25, 0.3) is 21.9 Å². The molecule has 3 aromatic carbocycles. The molecule has 20 heavy (non-hydrogen) atoms. The van der Waals surface area contributed by atoms with Gasteiger partial charge in [0.05, 0.1) is 0 Å². The number of hydrogen-bond acceptors (Lipinski definition) is 1. The molecule has 0 aromatic heterocycles. The van der Waals surface area contributed by atoms with Crippen LogP contribution in [-0.4, -0.2) is 5.11 Å². The molecule has 3 aromatic rings. The molecule has 1 nitrogen and oxygen atoms in total. The van der Waals surface area contributed by atoms with Gasteiger partial charge in [-0.2, -0.15) is 0 Å². The monoisotopic (exact) mass is 260 g/mol. The first-order chi connectivity index (χ1) is 9.63. The lowest BCUT2D eigenvalue weighted by molar-refractivity contribution is 0.477. The van der Waals surface area contributed by atoms with Crippen molar-refractivity contribution in [3.05, 3.63) is 64.7 Å². The summed E-state index contributed by atoms with van der Waals surface area (Å²) in [5, 5.41) is 12.7. The van der Waals surface area contributed by atoms with Crippen molar-refractivity contribution < 1.29 is 5.11 Å². The summed E-state index contributed by atoms with van der Waals surface area (Å²) < 4.78 is 0. The van der Waals surface area contributed by atoms with E-state index in [1.165, 1.54) is 27.8 Å². The molecule has 0 amide bonds. The minimum Gasteiger partial charge on any atom is -0.507 e. The molecule has 1 aliphatic carbocycles. The molecule has 1 N–H and O–H groups in total. The Morgan fingerprint density at radius 3 is 2.45 bits per heavy atom. The summed E-state index contributed by atoms with van der Waals surface area (Å²) >= 11 is 0. The SMILES string of the molecule is Cc1ccc2c(c1)Cc1c-2cc2ccc(C)cc2c1O. The largest absolute Gasteiger partial charge is 0.507 e. The van der Waals surface area contributed by atoms with Crippen molar-refractivity contribution in [2.24, 2.45) is 0 Å². The lowest BCUT2D eigenvalue weighted by Gasteiger charge is -2.09. The molecule has 0 spiro atoms. The van der Waals surface area contributed by atoms with Gasteiger partial charge in [-0.3, -0.25) is 0 Å². The second-order valence-corrected chi connectivity index (χ2v) is 5.81. The average Bonchev–Trinajstić information content (AvgIpc) is 2.78. The lowest BCUT2D eigenvalue weighted by Crippen LogP contribution is -1.85. The normalized spacial score (nSPS) is 12.5. The van der Waals surface area contributed by atoms with Gasteiger partial charge in [-0.05, 0) is 48.1 Å². The molecular formula is C19H16O. The van der Waals surface area contributed by atoms with E-state index in [1.54, 1.807) is 0 Å². The van der Waals surface area contributed by atoms with Crippen molar-refractivity contribution in [3.8, 4) is 16.9 Å². The molecule has 98 valence electrons. The molecule has 4 rings (SSSR count). The van der Waals surface area contributed by atoms with E-state index in [2.05, 4.69) is 56.3 Å². The second-order valence-electron chi connectivity index (χ2n) is 5.81. The zero-order valence-electron chi connectivity index (χ0n) is 11.7. The number of phenolic OH excluding ortho intramolecular Hbond substituents is 1. The van der Waals surface area contributed by atoms with E-state index in [1.807, 2.05) is 0 Å². The number of rotatable bonds is 0. The fourth-order valence-electron chi connectivity index (χ4n) is 3.28. The van der Waals surface area contributed by atoms with E-state index in [4.69, 9.17) is 0 Å². The maximum atomic E-state index is 10.6. The summed E-state index contributed by atoms with van der Waals surface area (Å²) in [5.74, 6) is 0.454. The molecule has 0 unspecified atom stereocenters. The van der Waals surface area contributed by atoms with Gasteiger partial charge in [-0.15, -0.1) is 0 Å². The summed E-state index contributed by atoms with van der Waals surface area (Å²) in [6.45, 7) is 4.17. The highest BCUT2D eigenvalue weighted by atomic mass is 16.3. The third kappa shape index (κ3) is 1.50. The van der Waals surface area contributed by atoms with Crippen molar-refractivity contribution in [1.29, 1.82) is 0 Å². The molecule has 0 aliphatic heterocycles. The first-order valence-corrected chi connectivity index (χ1v) is 6.98. The fraction of sp³-hybridized carbons (Fsp3) is 0.158. The molecule has 1 heteroatoms. The van der Waals surface area contributed by atoms with Crippen molar-refractivity contribution in [2.75, 3.05) is 0 Å². The van der Waals surface area contributed by atoms with Gasteiger partial charge in [-0.25, -0.2) is 0 Å². The van der Waals surface area contributed by atoms with Crippen LogP contribution in [0.3, 0.4) is 0 Å². The van der Waals surface area contributed by atoms with Gasteiger partial charge in [0, 0.05) is 17.4 Å². The zero-order valence-corrected chi connectivity index (χ0v) is 11.7. The summed E-state index contributed by atoms with van der Waals surface area (Å²) in [7, 11) is 0. The maximum Gasteiger partial charge on any atom is 0.127 e. The highest BCUT2D eigenvalue weighted by Gasteiger charge is 2.23. The Morgan fingerprint density at radius 2 is 1.60 bits per heavy atom. The van der Waals surface area contributed by atoms with Crippen LogP contribution in [0.2, 0.25) is 0 Å². The molecule has 0 bridgehead atoms. The number of fused-ring (bicyclic) bond motifs is 4. The van der Waals surface area contributed by atoms with Crippen molar-refractivity contribution >= 4 is 10.8 Å². The molecule has 0 atom stereocenters. The van der Waals surface area contributed by atoms with Crippen LogP contribution < -0.4 is 0 Å². The van der Waals surface area contributed by atoms with Gasteiger partial charge in [0.25, 0.3) is 0 Å². The second kappa shape index (κ2) is 3.86. The van der Waals surface area contributed by atoms with Crippen LogP contribution in [0, 0.1) is 13.8 Å². The van der Waals surface area contributed by atoms with Crippen LogP contribution in [0.4, 0.5) is 0 Å². The van der Waals surface area contributed by atoms with Gasteiger partial charge < -0.3 is 5.11 Å². The predicted octanol–water partition coefficient (Wildman–Crippen LogP) is 4.73. The smallest absolute Gasteiger partial charge is 0.127 e. The Morgan fingerprint density at radius 1 is 0.850 bits per heavy atom. The summed E-state index contributed by atoms with van der Waals surface area (Å²) in [4.78, 5) is 0. The number of benzene rings is 3. The minimum atomic E-state index is 0.454. The van der Waals surface area contributed by atoms with Crippen molar-refractivity contribution in [3.63, 3.8) is 0 Å². The summed E-state index contributed by atoms with van der Waals surface area (Å²) in [5.41, 5.74) is 7.30. The van der Waals surface area contributed by atoms with Crippen LogP contribution in [-0.2, 0) is 6.42 Å². The van der Waals surface area contributed by atoms with Gasteiger partial charge in [-0.1, -0.05) is 41.5 Å². The van der Waals surface area contributed by atoms with E-state index in [0.29, 0.717) is 5.75 Å². The molecular weight excluding hydrogens is 244 g/mol. The molecule has 0 radical (unpaired) electrons. The number of aromatic hydroxyl groups is 1. The Kier molecular flexibility index (Phi) is 2.23. The lowest BCUT2D eigenvalue weighted by atomic mass is 9.98. The van der Waals surface area contributed by atoms with E-state index in [9.17, 15) is 5.11 Å². The summed E-state index contributed by atoms with van der Waals surface area (Å²) in [6, 6.07) is 15.0. The quantitative estimate of drug-likeness (QED) is 0.484. The molecule has 0 heterocycles. The van der Waals surface area contributed by atoms with Crippen molar-refractivity contribution in [1.82, 2.24) is 0 Å². The zero-order chi connectivity index (χ0) is 13.9. The minimum absolute atomic E-state index is 0.454. The van der Waals surface area contributed by atoms with Crippen LogP contribution >= 0.6 is 0 Å². The highest BCUT2D eigenvalue weighted by Crippen LogP contribution is 2.44. The standard InChI is InChI=1S/C19H16O/c1-11-4-6-15-14(7-11)10-18-17(15)9-13-5-3-12(2)8-16(13)19(18)20/h3-9,20H,10H2,1-2H3. The topological polar surface area (TPSA) is 20.2 Å². The van der Waals surface area contributed by atoms with E-state index in [-0.39, 0.29) is 0 Å². The number of aryl methyl sites for hydroxylation is 2. The number of hydrogen-bond donors (Lipinski definition) is 1. The van der Waals surface area contributed by atoms with Crippen LogP contribution in [0.15, 0.2) is 42.5 Å². The molecule has 1 aliphatic rings. The van der Waals surface area contributed by atoms with Gasteiger partial charge >= 0.3 is 0 Å². The highest BCUT2D eigenvalue weighted by molar-refractivity contribution is 5.97. The third-order valence-corrected chi connectivity index (χ3v) is 4.29. The van der Waals surface area contributed by atoms with Crippen LogP contribution in [0.5, 0.6) is 5.75 Å². The molecule has 0 saturated heterocycles. The fourth-order valence-corrected chi connectivity index (χ4v) is 3.28. The van der Waals surface area contributed by atoms with Gasteiger partial charge in [0.1, 0.15) is 5.75 Å². The Bertz CT molecular complexity index is 859. The van der Waals surface area contributed by atoms with Crippen LogP contribution in [0.1, 0.15) is 22.3 Å².